The quantitative estimate of drug-likeness (QED) is 0.628. The van der Waals surface area contributed by atoms with E-state index in [4.69, 9.17) is 0 Å². The molecule has 0 bridgehead atoms. The average molecular weight is 196 g/mol. The van der Waals surface area contributed by atoms with E-state index < -0.39 is 0 Å². The molecule has 1 saturated heterocycles. The Morgan fingerprint density at radius 2 is 2.29 bits per heavy atom. The maximum absolute atomic E-state index is 11.4. The van der Waals surface area contributed by atoms with E-state index in [1.165, 1.54) is 6.08 Å². The van der Waals surface area contributed by atoms with Crippen molar-refractivity contribution < 1.29 is 4.79 Å². The number of carbonyl (C=O) groups is 1. The Balaban J connectivity index is 2.59. The van der Waals surface area contributed by atoms with E-state index in [1.54, 1.807) is 0 Å². The molecule has 1 fully saturated rings. The van der Waals surface area contributed by atoms with Gasteiger partial charge in [0.1, 0.15) is 0 Å². The minimum atomic E-state index is 0.0591. The summed E-state index contributed by atoms with van der Waals surface area (Å²) < 4.78 is 0. The Bertz CT molecular complexity index is 227. The fraction of sp³-hybridized carbons (Fsp3) is 0.727. The molecule has 0 radical (unpaired) electrons. The van der Waals surface area contributed by atoms with Gasteiger partial charge in [-0.1, -0.05) is 20.4 Å². The number of likely N-dealkylation sites (N-methyl/N-ethyl adjacent to an activating group) is 1. The number of hydrogen-bond acceptors (Lipinski definition) is 2. The van der Waals surface area contributed by atoms with Crippen LogP contribution in [0.5, 0.6) is 0 Å². The van der Waals surface area contributed by atoms with Crippen LogP contribution in [-0.2, 0) is 4.79 Å². The molecule has 2 atom stereocenters. The second-order valence-corrected chi connectivity index (χ2v) is 4.07. The van der Waals surface area contributed by atoms with Crippen molar-refractivity contribution in [2.75, 3.05) is 26.7 Å². The molecule has 0 unspecified atom stereocenters. The predicted molar refractivity (Wildman–Crippen MR) is 58.0 cm³/mol. The van der Waals surface area contributed by atoms with E-state index in [0.29, 0.717) is 12.0 Å². The first-order valence-corrected chi connectivity index (χ1v) is 5.21. The lowest BCUT2D eigenvalue weighted by Gasteiger charge is -2.25. The summed E-state index contributed by atoms with van der Waals surface area (Å²) in [5.74, 6) is 0.618. The molecule has 80 valence electrons. The Labute approximate surface area is 86.4 Å². The highest BCUT2D eigenvalue weighted by molar-refractivity contribution is 5.87. The predicted octanol–water partition coefficient (Wildman–Crippen LogP) is 0.971. The van der Waals surface area contributed by atoms with E-state index in [0.717, 1.165) is 19.6 Å². The molecule has 1 rings (SSSR count). The zero-order chi connectivity index (χ0) is 10.7. The van der Waals surface area contributed by atoms with Crippen LogP contribution in [0.15, 0.2) is 12.7 Å². The van der Waals surface area contributed by atoms with Crippen molar-refractivity contribution in [2.45, 2.75) is 19.9 Å². The van der Waals surface area contributed by atoms with E-state index in [2.05, 4.69) is 32.4 Å². The number of nitrogens with zero attached hydrogens (tertiary/aromatic N) is 2. The van der Waals surface area contributed by atoms with Crippen molar-refractivity contribution >= 4 is 5.91 Å². The Morgan fingerprint density at radius 3 is 2.79 bits per heavy atom. The van der Waals surface area contributed by atoms with Gasteiger partial charge in [-0.15, -0.1) is 0 Å². The van der Waals surface area contributed by atoms with Crippen LogP contribution in [0.1, 0.15) is 13.8 Å². The molecule has 1 aliphatic rings. The number of rotatable bonds is 3. The molecule has 0 saturated carbocycles. The van der Waals surface area contributed by atoms with Crippen molar-refractivity contribution in [1.82, 2.24) is 9.80 Å². The number of hydrogen-bond donors (Lipinski definition) is 0. The van der Waals surface area contributed by atoms with Crippen molar-refractivity contribution in [3.63, 3.8) is 0 Å². The van der Waals surface area contributed by atoms with Crippen LogP contribution >= 0.6 is 0 Å². The van der Waals surface area contributed by atoms with Gasteiger partial charge in [0, 0.05) is 19.1 Å². The van der Waals surface area contributed by atoms with Gasteiger partial charge in [0.05, 0.1) is 0 Å². The van der Waals surface area contributed by atoms with Crippen LogP contribution < -0.4 is 0 Å². The molecule has 0 aromatic carbocycles. The topological polar surface area (TPSA) is 23.6 Å². The summed E-state index contributed by atoms with van der Waals surface area (Å²) in [7, 11) is 2.11. The normalized spacial score (nSPS) is 27.0. The molecule has 1 aliphatic heterocycles. The van der Waals surface area contributed by atoms with Gasteiger partial charge < -0.3 is 9.80 Å². The van der Waals surface area contributed by atoms with Crippen LogP contribution in [-0.4, -0.2) is 48.4 Å². The third-order valence-electron chi connectivity index (χ3n) is 3.12. The molecule has 1 heterocycles. The minimum absolute atomic E-state index is 0.0591. The van der Waals surface area contributed by atoms with E-state index in [-0.39, 0.29) is 5.91 Å². The molecule has 1 amide bonds. The maximum atomic E-state index is 11.4. The molecular weight excluding hydrogens is 176 g/mol. The highest BCUT2D eigenvalue weighted by atomic mass is 16.2. The Hall–Kier alpha value is -0.830. The first-order chi connectivity index (χ1) is 6.60. The lowest BCUT2D eigenvalue weighted by atomic mass is 10.1. The fourth-order valence-electron chi connectivity index (χ4n) is 2.07. The Morgan fingerprint density at radius 1 is 1.64 bits per heavy atom. The van der Waals surface area contributed by atoms with Crippen molar-refractivity contribution in [1.29, 1.82) is 0 Å². The second-order valence-electron chi connectivity index (χ2n) is 4.07. The third kappa shape index (κ3) is 2.15. The molecule has 0 aromatic heterocycles. The standard InChI is InChI=1S/C11H20N2O/c1-5-11(14)13-7-9(3)10(8-13)12(4)6-2/h5,9-10H,1,6-8H2,2-4H3/t9-,10+/m1/s1. The highest BCUT2D eigenvalue weighted by Gasteiger charge is 2.33. The second kappa shape index (κ2) is 4.60. The summed E-state index contributed by atoms with van der Waals surface area (Å²) in [6, 6.07) is 0.504. The van der Waals surface area contributed by atoms with Crippen molar-refractivity contribution in [2.24, 2.45) is 5.92 Å². The zero-order valence-corrected chi connectivity index (χ0v) is 9.36. The molecule has 3 nitrogen and oxygen atoms in total. The van der Waals surface area contributed by atoms with E-state index >= 15 is 0 Å². The number of carbonyl (C=O) groups excluding carboxylic acids is 1. The number of likely N-dealkylation sites (tertiary alicyclic amines) is 1. The molecule has 3 heteroatoms. The fourth-order valence-corrected chi connectivity index (χ4v) is 2.07. The summed E-state index contributed by atoms with van der Waals surface area (Å²) in [6.45, 7) is 10.6. The van der Waals surface area contributed by atoms with E-state index in [1.807, 2.05) is 4.90 Å². The SMILES string of the molecule is C=CC(=O)N1C[C@@H](C)[C@@H](N(C)CC)C1. The molecule has 0 N–H and O–H groups in total. The third-order valence-corrected chi connectivity index (χ3v) is 3.12. The first kappa shape index (κ1) is 11.2. The number of amides is 1. The van der Waals surface area contributed by atoms with Crippen LogP contribution in [0.25, 0.3) is 0 Å². The summed E-state index contributed by atoms with van der Waals surface area (Å²) in [6.07, 6.45) is 1.40. The smallest absolute Gasteiger partial charge is 0.246 e. The van der Waals surface area contributed by atoms with Crippen molar-refractivity contribution in [3.8, 4) is 0 Å². The lowest BCUT2D eigenvalue weighted by Crippen LogP contribution is -2.37. The van der Waals surface area contributed by atoms with Gasteiger partial charge >= 0.3 is 0 Å². The van der Waals surface area contributed by atoms with Gasteiger partial charge in [0.25, 0.3) is 0 Å². The Kier molecular flexibility index (Phi) is 3.69. The van der Waals surface area contributed by atoms with Crippen LogP contribution in [0.3, 0.4) is 0 Å². The summed E-state index contributed by atoms with van der Waals surface area (Å²) >= 11 is 0. The van der Waals surface area contributed by atoms with Crippen LogP contribution in [0.2, 0.25) is 0 Å². The molecule has 14 heavy (non-hydrogen) atoms. The lowest BCUT2D eigenvalue weighted by molar-refractivity contribution is -0.125. The van der Waals surface area contributed by atoms with Gasteiger partial charge in [-0.3, -0.25) is 4.79 Å². The molecule has 0 aliphatic carbocycles. The summed E-state index contributed by atoms with van der Waals surface area (Å²) in [5, 5.41) is 0. The minimum Gasteiger partial charge on any atom is -0.337 e. The van der Waals surface area contributed by atoms with Gasteiger partial charge in [0.2, 0.25) is 5.91 Å². The van der Waals surface area contributed by atoms with Gasteiger partial charge in [-0.2, -0.15) is 0 Å². The summed E-state index contributed by atoms with van der Waals surface area (Å²) in [5.41, 5.74) is 0. The average Bonchev–Trinajstić information content (AvgIpc) is 2.58. The zero-order valence-electron chi connectivity index (χ0n) is 9.36. The van der Waals surface area contributed by atoms with Gasteiger partial charge in [-0.25, -0.2) is 0 Å². The maximum Gasteiger partial charge on any atom is 0.246 e. The molecule has 0 spiro atoms. The monoisotopic (exact) mass is 196 g/mol. The van der Waals surface area contributed by atoms with Crippen LogP contribution in [0.4, 0.5) is 0 Å². The molecule has 0 aromatic rings. The van der Waals surface area contributed by atoms with Crippen LogP contribution in [0, 0.1) is 5.92 Å². The molecular formula is C11H20N2O. The van der Waals surface area contributed by atoms with Gasteiger partial charge in [0.15, 0.2) is 0 Å². The van der Waals surface area contributed by atoms with E-state index in [9.17, 15) is 4.79 Å². The highest BCUT2D eigenvalue weighted by Crippen LogP contribution is 2.20. The van der Waals surface area contributed by atoms with Crippen molar-refractivity contribution in [3.05, 3.63) is 12.7 Å². The summed E-state index contributed by atoms with van der Waals surface area (Å²) in [4.78, 5) is 15.6. The van der Waals surface area contributed by atoms with Gasteiger partial charge in [-0.05, 0) is 25.6 Å². The first-order valence-electron chi connectivity index (χ1n) is 5.21. The largest absolute Gasteiger partial charge is 0.337 e.